The van der Waals surface area contributed by atoms with Crippen molar-refractivity contribution in [3.05, 3.63) is 24.3 Å². The molecule has 1 rings (SSSR count). The number of hydrogen-bond acceptors (Lipinski definition) is 4. The molecule has 5 nitrogen and oxygen atoms in total. The zero-order valence-electron chi connectivity index (χ0n) is 12.1. The van der Waals surface area contributed by atoms with Crippen molar-refractivity contribution in [3.63, 3.8) is 0 Å². The van der Waals surface area contributed by atoms with E-state index >= 15 is 0 Å². The van der Waals surface area contributed by atoms with E-state index in [-0.39, 0.29) is 25.0 Å². The number of carbonyl (C=O) groups excluding carboxylic acids is 2. The number of amides is 2. The van der Waals surface area contributed by atoms with Crippen LogP contribution in [0.5, 0.6) is 0 Å². The van der Waals surface area contributed by atoms with Gasteiger partial charge in [-0.05, 0) is 44.4 Å². The van der Waals surface area contributed by atoms with Crippen LogP contribution in [0.1, 0.15) is 13.8 Å². The SMILES string of the molecule is CSc1ccc(NC(=O)CN(CC(N)=O)C(C)C)cc1. The molecule has 3 N–H and O–H groups in total. The minimum atomic E-state index is -0.434. The summed E-state index contributed by atoms with van der Waals surface area (Å²) in [5.74, 6) is -0.590. The number of benzene rings is 1. The van der Waals surface area contributed by atoms with E-state index in [4.69, 9.17) is 5.73 Å². The second-order valence-electron chi connectivity index (χ2n) is 4.74. The molecule has 0 unspecified atom stereocenters. The zero-order chi connectivity index (χ0) is 15.1. The van der Waals surface area contributed by atoms with Gasteiger partial charge in [0.15, 0.2) is 0 Å². The second kappa shape index (κ2) is 7.91. The van der Waals surface area contributed by atoms with Crippen LogP contribution in [-0.4, -0.2) is 42.1 Å². The summed E-state index contributed by atoms with van der Waals surface area (Å²) in [6.07, 6.45) is 2.00. The van der Waals surface area contributed by atoms with Crippen LogP contribution in [-0.2, 0) is 9.59 Å². The van der Waals surface area contributed by atoms with E-state index in [1.165, 1.54) is 0 Å². The fourth-order valence-electron chi connectivity index (χ4n) is 1.68. The smallest absolute Gasteiger partial charge is 0.238 e. The lowest BCUT2D eigenvalue weighted by Gasteiger charge is -2.24. The average molecular weight is 295 g/mol. The van der Waals surface area contributed by atoms with E-state index in [1.807, 2.05) is 44.4 Å². The summed E-state index contributed by atoms with van der Waals surface area (Å²) in [7, 11) is 0. The lowest BCUT2D eigenvalue weighted by atomic mass is 10.3. The molecular weight excluding hydrogens is 274 g/mol. The maximum Gasteiger partial charge on any atom is 0.238 e. The van der Waals surface area contributed by atoms with E-state index < -0.39 is 5.91 Å². The third kappa shape index (κ3) is 5.63. The standard InChI is InChI=1S/C14H21N3O2S/c1-10(2)17(8-13(15)18)9-14(19)16-11-4-6-12(20-3)7-5-11/h4-7,10H,8-9H2,1-3H3,(H2,15,18)(H,16,19). The summed E-state index contributed by atoms with van der Waals surface area (Å²) >= 11 is 1.65. The fourth-order valence-corrected chi connectivity index (χ4v) is 2.09. The topological polar surface area (TPSA) is 75.4 Å². The lowest BCUT2D eigenvalue weighted by Crippen LogP contribution is -2.43. The summed E-state index contributed by atoms with van der Waals surface area (Å²) in [4.78, 5) is 25.8. The van der Waals surface area contributed by atoms with E-state index in [2.05, 4.69) is 5.32 Å². The van der Waals surface area contributed by atoms with Crippen molar-refractivity contribution in [1.82, 2.24) is 4.90 Å². The molecule has 0 aromatic heterocycles. The number of rotatable bonds is 7. The molecule has 0 fully saturated rings. The molecule has 1 aromatic rings. The van der Waals surface area contributed by atoms with Crippen LogP contribution in [0.4, 0.5) is 5.69 Å². The van der Waals surface area contributed by atoms with Crippen molar-refractivity contribution < 1.29 is 9.59 Å². The Balaban J connectivity index is 2.58. The molecule has 0 bridgehead atoms. The third-order valence-corrected chi connectivity index (χ3v) is 3.55. The third-order valence-electron chi connectivity index (χ3n) is 2.81. The van der Waals surface area contributed by atoms with Crippen LogP contribution in [0.15, 0.2) is 29.2 Å². The van der Waals surface area contributed by atoms with E-state index in [9.17, 15) is 9.59 Å². The average Bonchev–Trinajstić information content (AvgIpc) is 2.38. The summed E-state index contributed by atoms with van der Waals surface area (Å²) in [6.45, 7) is 4.06. The normalized spacial score (nSPS) is 10.8. The number of hydrogen-bond donors (Lipinski definition) is 2. The number of nitrogens with one attached hydrogen (secondary N) is 1. The Morgan fingerprint density at radius 3 is 2.30 bits per heavy atom. The first-order chi connectivity index (χ1) is 9.42. The lowest BCUT2D eigenvalue weighted by molar-refractivity contribution is -0.121. The van der Waals surface area contributed by atoms with Crippen molar-refractivity contribution in [1.29, 1.82) is 0 Å². The van der Waals surface area contributed by atoms with Crippen LogP contribution < -0.4 is 11.1 Å². The van der Waals surface area contributed by atoms with Crippen LogP contribution in [0, 0.1) is 0 Å². The number of nitrogens with zero attached hydrogens (tertiary/aromatic N) is 1. The maximum atomic E-state index is 12.0. The van der Waals surface area contributed by atoms with Crippen molar-refractivity contribution in [2.24, 2.45) is 5.73 Å². The Hall–Kier alpha value is -1.53. The number of primary amides is 1. The molecule has 0 atom stereocenters. The maximum absolute atomic E-state index is 12.0. The van der Waals surface area contributed by atoms with Gasteiger partial charge >= 0.3 is 0 Å². The highest BCUT2D eigenvalue weighted by Crippen LogP contribution is 2.17. The van der Waals surface area contributed by atoms with Gasteiger partial charge in [-0.3, -0.25) is 14.5 Å². The molecule has 0 aliphatic carbocycles. The Labute approximate surface area is 123 Å². The van der Waals surface area contributed by atoms with Gasteiger partial charge in [-0.15, -0.1) is 11.8 Å². The van der Waals surface area contributed by atoms with Crippen molar-refractivity contribution in [3.8, 4) is 0 Å². The fraction of sp³-hybridized carbons (Fsp3) is 0.429. The Kier molecular flexibility index (Phi) is 6.54. The summed E-state index contributed by atoms with van der Waals surface area (Å²) < 4.78 is 0. The highest BCUT2D eigenvalue weighted by Gasteiger charge is 2.16. The van der Waals surface area contributed by atoms with Crippen molar-refractivity contribution in [2.75, 3.05) is 24.7 Å². The Morgan fingerprint density at radius 2 is 1.85 bits per heavy atom. The van der Waals surface area contributed by atoms with Gasteiger partial charge in [-0.25, -0.2) is 0 Å². The van der Waals surface area contributed by atoms with Crippen LogP contribution in [0.3, 0.4) is 0 Å². The molecule has 0 heterocycles. The largest absolute Gasteiger partial charge is 0.369 e. The molecule has 0 saturated carbocycles. The predicted octanol–water partition coefficient (Wildman–Crippen LogP) is 1.54. The van der Waals surface area contributed by atoms with Gasteiger partial charge in [0.25, 0.3) is 0 Å². The van der Waals surface area contributed by atoms with Gasteiger partial charge in [0.05, 0.1) is 13.1 Å². The molecule has 0 aliphatic rings. The first-order valence-electron chi connectivity index (χ1n) is 6.38. The van der Waals surface area contributed by atoms with Crippen LogP contribution in [0.25, 0.3) is 0 Å². The molecule has 2 amide bonds. The van der Waals surface area contributed by atoms with Crippen molar-refractivity contribution in [2.45, 2.75) is 24.8 Å². The highest BCUT2D eigenvalue weighted by molar-refractivity contribution is 7.98. The van der Waals surface area contributed by atoms with Gasteiger partial charge in [-0.2, -0.15) is 0 Å². The Bertz CT molecular complexity index is 460. The molecule has 6 heteroatoms. The summed E-state index contributed by atoms with van der Waals surface area (Å²) in [5, 5.41) is 2.81. The first-order valence-corrected chi connectivity index (χ1v) is 7.61. The minimum absolute atomic E-state index is 0.0760. The molecule has 0 saturated heterocycles. The molecule has 0 spiro atoms. The minimum Gasteiger partial charge on any atom is -0.369 e. The number of thioether (sulfide) groups is 1. The highest BCUT2D eigenvalue weighted by atomic mass is 32.2. The molecule has 20 heavy (non-hydrogen) atoms. The van der Waals surface area contributed by atoms with Crippen molar-refractivity contribution >= 4 is 29.3 Å². The van der Waals surface area contributed by atoms with Gasteiger partial charge in [0, 0.05) is 16.6 Å². The monoisotopic (exact) mass is 295 g/mol. The molecule has 0 aliphatic heterocycles. The first kappa shape index (κ1) is 16.5. The van der Waals surface area contributed by atoms with Gasteiger partial charge in [0.2, 0.25) is 11.8 Å². The summed E-state index contributed by atoms with van der Waals surface area (Å²) in [6, 6.07) is 7.69. The molecule has 0 radical (unpaired) electrons. The van der Waals surface area contributed by atoms with Gasteiger partial charge in [0.1, 0.15) is 0 Å². The Morgan fingerprint density at radius 1 is 1.25 bits per heavy atom. The van der Waals surface area contributed by atoms with E-state index in [0.717, 1.165) is 10.6 Å². The number of carbonyl (C=O) groups is 2. The summed E-state index contributed by atoms with van der Waals surface area (Å²) in [5.41, 5.74) is 5.92. The quantitative estimate of drug-likeness (QED) is 0.748. The van der Waals surface area contributed by atoms with Gasteiger partial charge in [-0.1, -0.05) is 0 Å². The molecule has 1 aromatic carbocycles. The number of anilines is 1. The molecule has 110 valence electrons. The molecular formula is C14H21N3O2S. The second-order valence-corrected chi connectivity index (χ2v) is 5.62. The van der Waals surface area contributed by atoms with E-state index in [1.54, 1.807) is 16.7 Å². The number of nitrogens with two attached hydrogens (primary N) is 1. The van der Waals surface area contributed by atoms with E-state index in [0.29, 0.717) is 0 Å². The van der Waals surface area contributed by atoms with Gasteiger partial charge < -0.3 is 11.1 Å². The van der Waals surface area contributed by atoms with Crippen LogP contribution in [0.2, 0.25) is 0 Å². The predicted molar refractivity (Wildman–Crippen MR) is 82.8 cm³/mol. The zero-order valence-corrected chi connectivity index (χ0v) is 12.9. The van der Waals surface area contributed by atoms with Crippen LogP contribution >= 0.6 is 11.8 Å².